The molecular weight excluding hydrogens is 368 g/mol. The van der Waals surface area contributed by atoms with Gasteiger partial charge in [0.15, 0.2) is 0 Å². The number of unbranched alkanes of at least 4 members (excludes halogenated alkanes) is 7. The van der Waals surface area contributed by atoms with Gasteiger partial charge in [0.1, 0.15) is 0 Å². The molecule has 2 aliphatic rings. The Hall–Kier alpha value is 0.160. The Bertz CT molecular complexity index is 486. The average Bonchev–Trinajstić information content (AvgIpc) is 2.63. The van der Waals surface area contributed by atoms with Crippen molar-refractivity contribution in [3.63, 3.8) is 0 Å². The molecule has 0 spiro atoms. The predicted octanol–water partition coefficient (Wildman–Crippen LogP) is 4.56. The normalized spacial score (nSPS) is 29.5. The standard InChI is InChI=1S/C20H39ClN2O2S/c21-19-13-9-12-18-17(19)11-10-14-20(18)26(24,25)23-16-8-6-4-2-1-3-5-7-15-22/h17-20,23H,1-16,22H2. The number of rotatable bonds is 12. The van der Waals surface area contributed by atoms with Crippen molar-refractivity contribution >= 4 is 21.6 Å². The van der Waals surface area contributed by atoms with Crippen LogP contribution in [0.1, 0.15) is 89.9 Å². The number of hydrogen-bond acceptors (Lipinski definition) is 3. The van der Waals surface area contributed by atoms with Gasteiger partial charge in [-0.3, -0.25) is 0 Å². The lowest BCUT2D eigenvalue weighted by Crippen LogP contribution is -2.47. The number of halogens is 1. The molecule has 26 heavy (non-hydrogen) atoms. The second-order valence-electron chi connectivity index (χ2n) is 8.30. The minimum atomic E-state index is -3.21. The smallest absolute Gasteiger partial charge is 0.214 e. The largest absolute Gasteiger partial charge is 0.330 e. The monoisotopic (exact) mass is 406 g/mol. The first-order valence-electron chi connectivity index (χ1n) is 10.9. The summed E-state index contributed by atoms with van der Waals surface area (Å²) in [5.74, 6) is 0.672. The fourth-order valence-electron chi connectivity index (χ4n) is 4.91. The zero-order valence-corrected chi connectivity index (χ0v) is 17.9. The van der Waals surface area contributed by atoms with Crippen molar-refractivity contribution in [1.82, 2.24) is 4.72 Å². The quantitative estimate of drug-likeness (QED) is 0.368. The van der Waals surface area contributed by atoms with Gasteiger partial charge in [-0.1, -0.05) is 51.4 Å². The summed E-state index contributed by atoms with van der Waals surface area (Å²) >= 11 is 6.50. The molecule has 2 aliphatic carbocycles. The number of fused-ring (bicyclic) bond motifs is 1. The van der Waals surface area contributed by atoms with E-state index in [1.54, 1.807) is 0 Å². The first kappa shape index (κ1) is 22.4. The van der Waals surface area contributed by atoms with Crippen LogP contribution in [0.4, 0.5) is 0 Å². The van der Waals surface area contributed by atoms with Crippen molar-refractivity contribution in [2.45, 2.75) is 101 Å². The summed E-state index contributed by atoms with van der Waals surface area (Å²) in [4.78, 5) is 0. The van der Waals surface area contributed by atoms with Crippen LogP contribution in [0.15, 0.2) is 0 Å². The van der Waals surface area contributed by atoms with E-state index in [1.807, 2.05) is 0 Å². The molecule has 154 valence electrons. The van der Waals surface area contributed by atoms with Crippen molar-refractivity contribution in [2.24, 2.45) is 17.6 Å². The third-order valence-corrected chi connectivity index (χ3v) is 8.90. The molecule has 0 heterocycles. The molecule has 0 aromatic rings. The Labute approximate surface area is 166 Å². The van der Waals surface area contributed by atoms with E-state index in [0.29, 0.717) is 12.5 Å². The van der Waals surface area contributed by atoms with E-state index in [0.717, 1.165) is 64.3 Å². The highest BCUT2D eigenvalue weighted by Gasteiger charge is 2.44. The maximum atomic E-state index is 12.8. The highest BCUT2D eigenvalue weighted by molar-refractivity contribution is 7.90. The SMILES string of the molecule is NCCCCCCCCCCNS(=O)(=O)C1CCCC2C(Cl)CCCC21. The number of hydrogen-bond donors (Lipinski definition) is 2. The first-order chi connectivity index (χ1) is 12.6. The van der Waals surface area contributed by atoms with Crippen LogP contribution >= 0.6 is 11.6 Å². The minimum absolute atomic E-state index is 0.177. The first-order valence-corrected chi connectivity index (χ1v) is 12.9. The molecule has 4 nitrogen and oxygen atoms in total. The third kappa shape index (κ3) is 6.96. The molecule has 3 N–H and O–H groups in total. The van der Waals surface area contributed by atoms with Gasteiger partial charge in [0.25, 0.3) is 0 Å². The highest BCUT2D eigenvalue weighted by atomic mass is 35.5. The maximum absolute atomic E-state index is 12.8. The van der Waals surface area contributed by atoms with Crippen LogP contribution in [0.2, 0.25) is 0 Å². The molecule has 2 saturated carbocycles. The third-order valence-electron chi connectivity index (χ3n) is 6.37. The summed E-state index contributed by atoms with van der Waals surface area (Å²) in [5.41, 5.74) is 5.49. The molecular formula is C20H39ClN2O2S. The molecule has 6 heteroatoms. The Morgan fingerprint density at radius 1 is 0.808 bits per heavy atom. The lowest BCUT2D eigenvalue weighted by molar-refractivity contribution is 0.178. The van der Waals surface area contributed by atoms with E-state index >= 15 is 0 Å². The van der Waals surface area contributed by atoms with Gasteiger partial charge in [0, 0.05) is 11.9 Å². The van der Waals surface area contributed by atoms with Gasteiger partial charge >= 0.3 is 0 Å². The maximum Gasteiger partial charge on any atom is 0.214 e. The zero-order chi connectivity index (χ0) is 18.8. The van der Waals surface area contributed by atoms with Gasteiger partial charge < -0.3 is 5.73 Å². The van der Waals surface area contributed by atoms with Crippen molar-refractivity contribution in [3.05, 3.63) is 0 Å². The lowest BCUT2D eigenvalue weighted by atomic mass is 9.70. The molecule has 0 bridgehead atoms. The van der Waals surface area contributed by atoms with Gasteiger partial charge in [-0.15, -0.1) is 11.6 Å². The number of sulfonamides is 1. The van der Waals surface area contributed by atoms with Crippen molar-refractivity contribution in [2.75, 3.05) is 13.1 Å². The molecule has 0 amide bonds. The summed E-state index contributed by atoms with van der Waals surface area (Å²) in [6.07, 6.45) is 15.5. The Kier molecular flexibility index (Phi) is 10.3. The molecule has 4 atom stereocenters. The lowest BCUT2D eigenvalue weighted by Gasteiger charge is -2.43. The zero-order valence-electron chi connectivity index (χ0n) is 16.3. The Balaban J connectivity index is 1.63. The Morgan fingerprint density at radius 2 is 1.38 bits per heavy atom. The second kappa shape index (κ2) is 11.9. The van der Waals surface area contributed by atoms with Crippen LogP contribution in [0.5, 0.6) is 0 Å². The van der Waals surface area contributed by atoms with Crippen LogP contribution in [0, 0.1) is 11.8 Å². The van der Waals surface area contributed by atoms with E-state index < -0.39 is 10.0 Å². The minimum Gasteiger partial charge on any atom is -0.330 e. The molecule has 4 unspecified atom stereocenters. The number of alkyl halides is 1. The fourth-order valence-corrected chi connectivity index (χ4v) is 7.29. The van der Waals surface area contributed by atoms with Crippen LogP contribution in [-0.4, -0.2) is 32.1 Å². The van der Waals surface area contributed by atoms with Crippen LogP contribution in [-0.2, 0) is 10.0 Å². The van der Waals surface area contributed by atoms with Crippen molar-refractivity contribution in [3.8, 4) is 0 Å². The van der Waals surface area contributed by atoms with Gasteiger partial charge in [-0.25, -0.2) is 13.1 Å². The number of nitrogens with two attached hydrogens (primary N) is 1. The summed E-state index contributed by atoms with van der Waals surface area (Å²) < 4.78 is 28.5. The van der Waals surface area contributed by atoms with Crippen LogP contribution in [0.25, 0.3) is 0 Å². The predicted molar refractivity (Wildman–Crippen MR) is 111 cm³/mol. The summed E-state index contributed by atoms with van der Waals surface area (Å²) in [7, 11) is -3.21. The molecule has 2 rings (SSSR count). The molecule has 0 aromatic carbocycles. The van der Waals surface area contributed by atoms with Crippen molar-refractivity contribution < 1.29 is 8.42 Å². The van der Waals surface area contributed by atoms with Crippen LogP contribution in [0.3, 0.4) is 0 Å². The van der Waals surface area contributed by atoms with E-state index in [1.165, 1.54) is 32.1 Å². The fraction of sp³-hybridized carbons (Fsp3) is 1.00. The summed E-state index contributed by atoms with van der Waals surface area (Å²) in [6, 6.07) is 0. The molecule has 0 aromatic heterocycles. The van der Waals surface area contributed by atoms with Crippen molar-refractivity contribution in [1.29, 1.82) is 0 Å². The van der Waals surface area contributed by atoms with E-state index in [-0.39, 0.29) is 16.5 Å². The van der Waals surface area contributed by atoms with E-state index in [9.17, 15) is 8.42 Å². The van der Waals surface area contributed by atoms with E-state index in [4.69, 9.17) is 17.3 Å². The molecule has 2 fully saturated rings. The van der Waals surface area contributed by atoms with Gasteiger partial charge in [0.05, 0.1) is 5.25 Å². The highest BCUT2D eigenvalue weighted by Crippen LogP contribution is 2.44. The summed E-state index contributed by atoms with van der Waals surface area (Å²) in [5, 5.41) is -0.0399. The summed E-state index contributed by atoms with van der Waals surface area (Å²) in [6.45, 7) is 1.39. The second-order valence-corrected chi connectivity index (χ2v) is 10.8. The average molecular weight is 407 g/mol. The van der Waals surface area contributed by atoms with E-state index in [2.05, 4.69) is 4.72 Å². The van der Waals surface area contributed by atoms with Gasteiger partial charge in [-0.2, -0.15) is 0 Å². The van der Waals surface area contributed by atoms with Crippen LogP contribution < -0.4 is 10.5 Å². The molecule has 0 aliphatic heterocycles. The molecule has 0 saturated heterocycles. The topological polar surface area (TPSA) is 72.2 Å². The number of nitrogens with one attached hydrogen (secondary N) is 1. The van der Waals surface area contributed by atoms with Gasteiger partial charge in [-0.05, 0) is 56.9 Å². The van der Waals surface area contributed by atoms with Gasteiger partial charge in [0.2, 0.25) is 10.0 Å². The Morgan fingerprint density at radius 3 is 2.08 bits per heavy atom. The molecule has 0 radical (unpaired) electrons.